The average molecular weight is 821 g/mol. The molecule has 3 N–H and O–H groups in total. The second-order valence-corrected chi connectivity index (χ2v) is 18.7. The van der Waals surface area contributed by atoms with Crippen molar-refractivity contribution >= 4 is 44.9 Å². The molecule has 1 aromatic heterocycles. The Kier molecular flexibility index (Phi) is 10.6. The molecule has 1 aromatic carbocycles. The molecule has 3 heterocycles. The topological polar surface area (TPSA) is 195 Å². The molecule has 15 nitrogen and oxygen atoms in total. The largest absolute Gasteiger partial charge is 0.497 e. The molecule has 7 rings (SSSR count). The third-order valence-corrected chi connectivity index (χ3v) is 14.0. The van der Waals surface area contributed by atoms with E-state index in [1.165, 1.54) is 32.2 Å². The summed E-state index contributed by atoms with van der Waals surface area (Å²) in [4.78, 5) is 64.7. The summed E-state index contributed by atoms with van der Waals surface area (Å²) in [6, 6.07) is 1.56. The van der Waals surface area contributed by atoms with Gasteiger partial charge in [0, 0.05) is 23.8 Å². The molecule has 3 aliphatic carbocycles. The number of carbonyl (C=O) groups excluding carboxylic acids is 4. The fourth-order valence-corrected chi connectivity index (χ4v) is 8.61. The molecular weight excluding hydrogens is 774 g/mol. The number of fused-ring (bicyclic) bond motifs is 3. The molecule has 1 saturated heterocycles. The second kappa shape index (κ2) is 14.9. The molecule has 0 unspecified atom stereocenters. The summed E-state index contributed by atoms with van der Waals surface area (Å²) in [7, 11) is -2.71. The van der Waals surface area contributed by atoms with Gasteiger partial charge in [-0.3, -0.25) is 19.1 Å². The van der Waals surface area contributed by atoms with Crippen molar-refractivity contribution < 1.29 is 55.0 Å². The number of alkyl halides is 3. The molecule has 3 saturated carbocycles. The molecule has 0 spiro atoms. The summed E-state index contributed by atoms with van der Waals surface area (Å²) in [5, 5.41) is 5.38. The number of alkyl carbamates (subject to hydrolysis) is 1. The van der Waals surface area contributed by atoms with Gasteiger partial charge in [-0.2, -0.15) is 13.2 Å². The first-order valence-corrected chi connectivity index (χ1v) is 20.7. The van der Waals surface area contributed by atoms with E-state index >= 15 is 0 Å². The summed E-state index contributed by atoms with van der Waals surface area (Å²) in [6.45, 7) is 3.25. The van der Waals surface area contributed by atoms with Gasteiger partial charge in [-0.05, 0) is 70.4 Å². The van der Waals surface area contributed by atoms with Gasteiger partial charge in [-0.15, -0.1) is 0 Å². The lowest BCUT2D eigenvalue weighted by atomic mass is 10.0. The van der Waals surface area contributed by atoms with E-state index in [-0.39, 0.29) is 42.3 Å². The Morgan fingerprint density at radius 3 is 2.49 bits per heavy atom. The summed E-state index contributed by atoms with van der Waals surface area (Å²) in [5.41, 5.74) is -3.26. The second-order valence-electron chi connectivity index (χ2n) is 16.5. The van der Waals surface area contributed by atoms with Crippen LogP contribution in [-0.2, 0) is 35.3 Å². The van der Waals surface area contributed by atoms with E-state index in [9.17, 15) is 40.8 Å². The molecule has 0 radical (unpaired) electrons. The third kappa shape index (κ3) is 8.62. The molecule has 19 heteroatoms. The van der Waals surface area contributed by atoms with E-state index in [1.807, 2.05) is 13.0 Å². The minimum atomic E-state index is -4.99. The quantitative estimate of drug-likeness (QED) is 0.306. The molecule has 2 aromatic rings. The van der Waals surface area contributed by atoms with E-state index in [0.717, 1.165) is 17.7 Å². The van der Waals surface area contributed by atoms with Gasteiger partial charge in [0.1, 0.15) is 29.5 Å². The molecule has 57 heavy (non-hydrogen) atoms. The highest BCUT2D eigenvalue weighted by atomic mass is 32.2. The van der Waals surface area contributed by atoms with Gasteiger partial charge >= 0.3 is 12.3 Å². The first kappa shape index (κ1) is 40.5. The van der Waals surface area contributed by atoms with E-state index in [2.05, 4.69) is 25.3 Å². The van der Waals surface area contributed by atoms with Crippen LogP contribution in [0.2, 0.25) is 0 Å². The van der Waals surface area contributed by atoms with Gasteiger partial charge in [0.2, 0.25) is 33.4 Å². The zero-order chi connectivity index (χ0) is 41.0. The third-order valence-electron chi connectivity index (χ3n) is 11.8. The van der Waals surface area contributed by atoms with Gasteiger partial charge in [0.05, 0.1) is 36.0 Å². The summed E-state index contributed by atoms with van der Waals surface area (Å²) < 4.78 is 87.0. The van der Waals surface area contributed by atoms with Crippen LogP contribution in [0.25, 0.3) is 11.0 Å². The monoisotopic (exact) mass is 820 g/mol. The van der Waals surface area contributed by atoms with Crippen LogP contribution in [0.1, 0.15) is 90.2 Å². The maximum Gasteiger partial charge on any atom is 0.438 e. The number of benzene rings is 1. The van der Waals surface area contributed by atoms with E-state index in [4.69, 9.17) is 14.2 Å². The van der Waals surface area contributed by atoms with Gasteiger partial charge in [0.25, 0.3) is 5.91 Å². The van der Waals surface area contributed by atoms with E-state index in [0.29, 0.717) is 44.3 Å². The SMILES string of the molecule is COc1ccc2nc(C(F)(F)F)c(O[C@@H]3C[C@H]4C(=O)N[C@]5(C(=O)NS(=O)(=O)C6(C)CC6)C[C@H]5/C=C\CCCCC[C@H](NC(=O)OCC5(C)CC5)C(=O)N4C3)nc2c1. The van der Waals surface area contributed by atoms with Crippen LogP contribution < -0.4 is 24.8 Å². The predicted molar refractivity (Wildman–Crippen MR) is 197 cm³/mol. The van der Waals surface area contributed by atoms with E-state index in [1.54, 1.807) is 6.08 Å². The fourth-order valence-electron chi connectivity index (χ4n) is 7.30. The number of nitrogens with zero attached hydrogens (tertiary/aromatic N) is 3. The molecule has 2 aliphatic heterocycles. The number of aromatic nitrogens is 2. The highest BCUT2D eigenvalue weighted by molar-refractivity contribution is 7.91. The van der Waals surface area contributed by atoms with Crippen molar-refractivity contribution in [2.24, 2.45) is 11.3 Å². The molecule has 0 bridgehead atoms. The van der Waals surface area contributed by atoms with Crippen molar-refractivity contribution in [3.63, 3.8) is 0 Å². The van der Waals surface area contributed by atoms with Crippen molar-refractivity contribution in [3.05, 3.63) is 36.0 Å². The number of allylic oxidation sites excluding steroid dienone is 1. The van der Waals surface area contributed by atoms with Gasteiger partial charge in [-0.1, -0.05) is 31.9 Å². The van der Waals surface area contributed by atoms with Gasteiger partial charge in [0.15, 0.2) is 0 Å². The Bertz CT molecular complexity index is 2090. The number of halogens is 3. The first-order valence-electron chi connectivity index (χ1n) is 19.2. The molecule has 4 amide bonds. The normalized spacial score (nSPS) is 28.7. The van der Waals surface area contributed by atoms with Crippen molar-refractivity contribution in [1.29, 1.82) is 0 Å². The number of ether oxygens (including phenoxy) is 3. The van der Waals surface area contributed by atoms with Crippen LogP contribution in [-0.4, -0.2) is 95.8 Å². The number of rotatable bonds is 9. The maximum atomic E-state index is 14.5. The smallest absolute Gasteiger partial charge is 0.438 e. The van der Waals surface area contributed by atoms with Crippen LogP contribution >= 0.6 is 0 Å². The minimum Gasteiger partial charge on any atom is -0.497 e. The van der Waals surface area contributed by atoms with Crippen LogP contribution in [0.15, 0.2) is 30.4 Å². The van der Waals surface area contributed by atoms with Crippen molar-refractivity contribution in [2.45, 2.75) is 119 Å². The highest BCUT2D eigenvalue weighted by Gasteiger charge is 2.63. The number of hydrogen-bond donors (Lipinski definition) is 3. The lowest BCUT2D eigenvalue weighted by molar-refractivity contribution is -0.143. The standard InChI is InChI=1S/C38H47F3N6O9S/c1-35(13-14-35)21-55-34(51)44-26-10-8-6-4-5-7-9-22-19-37(22,33(50)46-57(52,53)36(2)15-16-36)45-30(48)28-18-24(20-47(28)32(26)49)56-31-29(38(39,40)41)42-25-12-11-23(54-3)17-27(25)43-31/h7,9,11-12,17,22,24,26,28H,4-6,8,10,13-16,18-21H2,1-3H3,(H,44,51)(H,45,48)(H,46,50)/b9-7-/t22-,24-,26+,28+,37-/m1/s1. The van der Waals surface area contributed by atoms with Crippen molar-refractivity contribution in [1.82, 2.24) is 30.2 Å². The molecule has 5 atom stereocenters. The van der Waals surface area contributed by atoms with Crippen molar-refractivity contribution in [2.75, 3.05) is 20.3 Å². The molecule has 310 valence electrons. The Morgan fingerprint density at radius 1 is 1.05 bits per heavy atom. The first-order chi connectivity index (χ1) is 26.9. The van der Waals surface area contributed by atoms with Gasteiger partial charge in [-0.25, -0.2) is 23.2 Å². The Hall–Kier alpha value is -4.68. The lowest BCUT2D eigenvalue weighted by Crippen LogP contribution is -2.58. The van der Waals surface area contributed by atoms with Crippen LogP contribution in [0, 0.1) is 11.3 Å². The summed E-state index contributed by atoms with van der Waals surface area (Å²) in [5.74, 6) is -3.61. The highest BCUT2D eigenvalue weighted by Crippen LogP contribution is 2.48. The number of carbonyl (C=O) groups is 4. The zero-order valence-electron chi connectivity index (χ0n) is 31.9. The van der Waals surface area contributed by atoms with Crippen LogP contribution in [0.4, 0.5) is 18.0 Å². The zero-order valence-corrected chi connectivity index (χ0v) is 32.8. The maximum absolute atomic E-state index is 14.5. The predicted octanol–water partition coefficient (Wildman–Crippen LogP) is 4.29. The number of methoxy groups -OCH3 is 1. The Balaban J connectivity index is 1.20. The lowest BCUT2D eigenvalue weighted by Gasteiger charge is -2.30. The molecular formula is C38H47F3N6O9S. The molecule has 4 fully saturated rings. The van der Waals surface area contributed by atoms with Gasteiger partial charge < -0.3 is 29.7 Å². The summed E-state index contributed by atoms with van der Waals surface area (Å²) >= 11 is 0. The molecule has 5 aliphatic rings. The minimum absolute atomic E-state index is 0.0395. The number of nitrogens with one attached hydrogen (secondary N) is 3. The number of sulfonamides is 1. The van der Waals surface area contributed by atoms with Crippen molar-refractivity contribution in [3.8, 4) is 11.6 Å². The average Bonchev–Trinajstić information content (AvgIpc) is 4.12. The van der Waals surface area contributed by atoms with E-state index < -0.39 is 92.5 Å². The Morgan fingerprint density at radius 2 is 1.81 bits per heavy atom. The Labute approximate surface area is 327 Å². The fraction of sp³-hybridized carbons (Fsp3) is 0.632. The van der Waals surface area contributed by atoms with Crippen LogP contribution in [0.5, 0.6) is 11.6 Å². The van der Waals surface area contributed by atoms with Crippen LogP contribution in [0.3, 0.4) is 0 Å². The number of hydrogen-bond acceptors (Lipinski definition) is 11. The number of amides is 4. The summed E-state index contributed by atoms with van der Waals surface area (Å²) in [6.07, 6.45) is 1.48.